The van der Waals surface area contributed by atoms with E-state index in [-0.39, 0.29) is 0 Å². The third kappa shape index (κ3) is 5.06. The summed E-state index contributed by atoms with van der Waals surface area (Å²) in [5, 5.41) is 3.95. The molecule has 0 bridgehead atoms. The van der Waals surface area contributed by atoms with Gasteiger partial charge in [-0.15, -0.1) is 0 Å². The lowest BCUT2D eigenvalue weighted by molar-refractivity contribution is 0.311. The molecular formula is C16H24ClNO2. The van der Waals surface area contributed by atoms with Gasteiger partial charge in [0.2, 0.25) is 0 Å². The summed E-state index contributed by atoms with van der Waals surface area (Å²) < 4.78 is 10.9. The topological polar surface area (TPSA) is 30.5 Å². The molecule has 1 aromatic rings. The minimum Gasteiger partial charge on any atom is -0.493 e. The first kappa shape index (κ1) is 16.9. The van der Waals surface area contributed by atoms with Crippen molar-refractivity contribution in [2.75, 3.05) is 26.8 Å². The maximum Gasteiger partial charge on any atom is 0.179 e. The second-order valence-corrected chi connectivity index (χ2v) is 5.04. The van der Waals surface area contributed by atoms with E-state index in [4.69, 9.17) is 21.1 Å². The molecule has 0 saturated carbocycles. The fraction of sp³-hybridized carbons (Fsp3) is 0.500. The van der Waals surface area contributed by atoms with Crippen LogP contribution in [0.15, 0.2) is 17.7 Å². The molecule has 1 N–H and O–H groups in total. The van der Waals surface area contributed by atoms with E-state index in [1.807, 2.05) is 19.1 Å². The normalized spacial score (nSPS) is 11.6. The predicted octanol–water partition coefficient (Wildman–Crippen LogP) is 4.15. The lowest BCUT2D eigenvalue weighted by atomic mass is 10.1. The van der Waals surface area contributed by atoms with E-state index in [9.17, 15) is 0 Å². The minimum absolute atomic E-state index is 0.561. The van der Waals surface area contributed by atoms with Crippen molar-refractivity contribution < 1.29 is 9.47 Å². The van der Waals surface area contributed by atoms with Crippen LogP contribution in [0, 0.1) is 0 Å². The summed E-state index contributed by atoms with van der Waals surface area (Å²) in [4.78, 5) is 0. The van der Waals surface area contributed by atoms with E-state index in [2.05, 4.69) is 25.2 Å². The molecular weight excluding hydrogens is 274 g/mol. The molecule has 4 heteroatoms. The van der Waals surface area contributed by atoms with Crippen LogP contribution in [0.2, 0.25) is 5.02 Å². The Bertz CT molecular complexity index is 458. The Labute approximate surface area is 126 Å². The van der Waals surface area contributed by atoms with E-state index < -0.39 is 0 Å². The Morgan fingerprint density at radius 1 is 1.35 bits per heavy atom. The molecule has 3 nitrogen and oxygen atoms in total. The van der Waals surface area contributed by atoms with Crippen molar-refractivity contribution in [1.29, 1.82) is 0 Å². The highest BCUT2D eigenvalue weighted by Crippen LogP contribution is 2.36. The standard InChI is InChI=1S/C16H24ClNO2/c1-5-7-18-11-12(3)8-13-9-14(17)16(20-6-2)15(10-13)19-4/h8-10,18H,5-7,11H2,1-4H3. The third-order valence-electron chi connectivity index (χ3n) is 2.78. The van der Waals surface area contributed by atoms with Crippen molar-refractivity contribution in [3.63, 3.8) is 0 Å². The van der Waals surface area contributed by atoms with Crippen LogP contribution in [-0.2, 0) is 0 Å². The smallest absolute Gasteiger partial charge is 0.179 e. The number of halogens is 1. The average molecular weight is 298 g/mol. The van der Waals surface area contributed by atoms with Crippen molar-refractivity contribution in [2.45, 2.75) is 27.2 Å². The molecule has 0 fully saturated rings. The molecule has 0 spiro atoms. The number of methoxy groups -OCH3 is 1. The zero-order chi connectivity index (χ0) is 15.0. The molecule has 112 valence electrons. The second kappa shape index (κ2) is 8.88. The summed E-state index contributed by atoms with van der Waals surface area (Å²) >= 11 is 6.25. The number of hydrogen-bond donors (Lipinski definition) is 1. The highest BCUT2D eigenvalue weighted by Gasteiger charge is 2.10. The van der Waals surface area contributed by atoms with Crippen molar-refractivity contribution in [3.8, 4) is 11.5 Å². The fourth-order valence-electron chi connectivity index (χ4n) is 1.91. The van der Waals surface area contributed by atoms with Gasteiger partial charge in [-0.25, -0.2) is 0 Å². The van der Waals surface area contributed by atoms with Gasteiger partial charge in [0.15, 0.2) is 11.5 Å². The van der Waals surface area contributed by atoms with Gasteiger partial charge in [0, 0.05) is 6.54 Å². The second-order valence-electron chi connectivity index (χ2n) is 4.63. The number of hydrogen-bond acceptors (Lipinski definition) is 3. The molecule has 0 aliphatic heterocycles. The Morgan fingerprint density at radius 3 is 2.70 bits per heavy atom. The minimum atomic E-state index is 0.561. The van der Waals surface area contributed by atoms with Gasteiger partial charge >= 0.3 is 0 Å². The maximum absolute atomic E-state index is 6.25. The number of ether oxygens (including phenoxy) is 2. The molecule has 0 aliphatic carbocycles. The first-order valence-corrected chi connectivity index (χ1v) is 7.38. The SMILES string of the molecule is CCCNCC(C)=Cc1cc(Cl)c(OCC)c(OC)c1. The van der Waals surface area contributed by atoms with Crippen LogP contribution in [0.4, 0.5) is 0 Å². The molecule has 0 atom stereocenters. The first-order valence-electron chi connectivity index (χ1n) is 7.00. The summed E-state index contributed by atoms with van der Waals surface area (Å²) in [5.41, 5.74) is 2.27. The summed E-state index contributed by atoms with van der Waals surface area (Å²) in [6.07, 6.45) is 3.24. The summed E-state index contributed by atoms with van der Waals surface area (Å²) in [7, 11) is 1.62. The predicted molar refractivity (Wildman–Crippen MR) is 86.0 cm³/mol. The highest BCUT2D eigenvalue weighted by atomic mass is 35.5. The van der Waals surface area contributed by atoms with Gasteiger partial charge in [-0.05, 0) is 44.5 Å². The molecule has 0 unspecified atom stereocenters. The van der Waals surface area contributed by atoms with E-state index >= 15 is 0 Å². The number of benzene rings is 1. The lowest BCUT2D eigenvalue weighted by Crippen LogP contribution is -2.16. The van der Waals surface area contributed by atoms with Crippen molar-refractivity contribution in [3.05, 3.63) is 28.3 Å². The molecule has 0 heterocycles. The van der Waals surface area contributed by atoms with Crippen molar-refractivity contribution in [1.82, 2.24) is 5.32 Å². The molecule has 0 saturated heterocycles. The van der Waals surface area contributed by atoms with Gasteiger partial charge < -0.3 is 14.8 Å². The first-order chi connectivity index (χ1) is 9.62. The Hall–Kier alpha value is -1.19. The molecule has 0 radical (unpaired) electrons. The Kier molecular flexibility index (Phi) is 7.48. The van der Waals surface area contributed by atoms with Gasteiger partial charge in [0.1, 0.15) is 0 Å². The van der Waals surface area contributed by atoms with E-state index in [0.717, 1.165) is 25.1 Å². The number of nitrogens with one attached hydrogen (secondary N) is 1. The molecule has 1 aromatic carbocycles. The largest absolute Gasteiger partial charge is 0.493 e. The molecule has 0 aromatic heterocycles. The fourth-order valence-corrected chi connectivity index (χ4v) is 2.18. The van der Waals surface area contributed by atoms with Crippen LogP contribution >= 0.6 is 11.6 Å². The van der Waals surface area contributed by atoms with E-state index in [1.54, 1.807) is 7.11 Å². The quantitative estimate of drug-likeness (QED) is 0.731. The Balaban J connectivity index is 2.91. The van der Waals surface area contributed by atoms with Crippen LogP contribution in [0.3, 0.4) is 0 Å². The zero-order valence-electron chi connectivity index (χ0n) is 12.8. The molecule has 1 rings (SSSR count). The molecule has 0 amide bonds. The van der Waals surface area contributed by atoms with Crippen molar-refractivity contribution >= 4 is 17.7 Å². The van der Waals surface area contributed by atoms with Gasteiger partial charge in [0.05, 0.1) is 18.7 Å². The molecule has 20 heavy (non-hydrogen) atoms. The summed E-state index contributed by atoms with van der Waals surface area (Å²) in [5.74, 6) is 1.27. The monoisotopic (exact) mass is 297 g/mol. The third-order valence-corrected chi connectivity index (χ3v) is 3.06. The zero-order valence-corrected chi connectivity index (χ0v) is 13.5. The summed E-state index contributed by atoms with van der Waals surface area (Å²) in [6.45, 7) is 8.64. The van der Waals surface area contributed by atoms with Crippen LogP contribution < -0.4 is 14.8 Å². The van der Waals surface area contributed by atoms with E-state index in [1.165, 1.54) is 5.57 Å². The Morgan fingerprint density at radius 2 is 2.10 bits per heavy atom. The summed E-state index contributed by atoms with van der Waals surface area (Å²) in [6, 6.07) is 3.85. The van der Waals surface area contributed by atoms with Crippen LogP contribution in [0.25, 0.3) is 6.08 Å². The maximum atomic E-state index is 6.25. The highest BCUT2D eigenvalue weighted by molar-refractivity contribution is 6.32. The average Bonchev–Trinajstić information content (AvgIpc) is 2.41. The van der Waals surface area contributed by atoms with Crippen LogP contribution in [0.1, 0.15) is 32.8 Å². The van der Waals surface area contributed by atoms with Crippen LogP contribution in [0.5, 0.6) is 11.5 Å². The van der Waals surface area contributed by atoms with Crippen molar-refractivity contribution in [2.24, 2.45) is 0 Å². The van der Waals surface area contributed by atoms with Crippen LogP contribution in [-0.4, -0.2) is 26.8 Å². The number of rotatable bonds is 8. The molecule has 0 aliphatic rings. The van der Waals surface area contributed by atoms with Gasteiger partial charge in [0.25, 0.3) is 0 Å². The lowest BCUT2D eigenvalue weighted by Gasteiger charge is -2.12. The van der Waals surface area contributed by atoms with Gasteiger partial charge in [-0.1, -0.05) is 30.2 Å². The van der Waals surface area contributed by atoms with E-state index in [0.29, 0.717) is 23.1 Å². The van der Waals surface area contributed by atoms with Gasteiger partial charge in [-0.2, -0.15) is 0 Å². The van der Waals surface area contributed by atoms with Gasteiger partial charge in [-0.3, -0.25) is 0 Å².